The average molecular weight is 259 g/mol. The number of benzene rings is 1. The van der Waals surface area contributed by atoms with Crippen molar-refractivity contribution in [3.8, 4) is 0 Å². The van der Waals surface area contributed by atoms with Gasteiger partial charge in [0, 0.05) is 10.0 Å². The molecule has 1 aromatic carbocycles. The molecule has 2 rings (SSSR count). The summed E-state index contributed by atoms with van der Waals surface area (Å²) in [6.07, 6.45) is 5.00. The Labute approximate surface area is 106 Å². The van der Waals surface area contributed by atoms with Gasteiger partial charge < -0.3 is 5.11 Å². The molecule has 1 aromatic rings. The molecule has 0 spiro atoms. The fraction of sp³-hybridized carbons (Fsp3) is 0.538. The predicted octanol–water partition coefficient (Wildman–Crippen LogP) is 4.09. The number of aliphatic hydroxyl groups is 1. The van der Waals surface area contributed by atoms with E-state index < -0.39 is 0 Å². The lowest BCUT2D eigenvalue weighted by atomic mass is 10.0. The van der Waals surface area contributed by atoms with Crippen molar-refractivity contribution >= 4 is 23.2 Å². The molecule has 1 N–H and O–H groups in total. The van der Waals surface area contributed by atoms with Gasteiger partial charge in [0.1, 0.15) is 0 Å². The SMILES string of the molecule is OC(CCCc1cc(Cl)ccc1Cl)C1CC1. The van der Waals surface area contributed by atoms with Crippen LogP contribution in [-0.4, -0.2) is 11.2 Å². The zero-order chi connectivity index (χ0) is 11.5. The smallest absolute Gasteiger partial charge is 0.0568 e. The Morgan fingerprint density at radius 1 is 1.31 bits per heavy atom. The molecule has 1 saturated carbocycles. The molecule has 0 aliphatic heterocycles. The Hall–Kier alpha value is -0.240. The van der Waals surface area contributed by atoms with Crippen LogP contribution in [0.1, 0.15) is 31.2 Å². The molecule has 1 aliphatic rings. The summed E-state index contributed by atoms with van der Waals surface area (Å²) in [5.74, 6) is 0.565. The van der Waals surface area contributed by atoms with Crippen LogP contribution < -0.4 is 0 Å². The number of hydrogen-bond acceptors (Lipinski definition) is 1. The first-order valence-electron chi connectivity index (χ1n) is 5.79. The van der Waals surface area contributed by atoms with E-state index in [0.29, 0.717) is 5.92 Å². The van der Waals surface area contributed by atoms with Crippen LogP contribution in [0, 0.1) is 5.92 Å². The maximum atomic E-state index is 9.73. The summed E-state index contributed by atoms with van der Waals surface area (Å²) in [4.78, 5) is 0. The number of hydrogen-bond donors (Lipinski definition) is 1. The van der Waals surface area contributed by atoms with Crippen LogP contribution in [-0.2, 0) is 6.42 Å². The minimum atomic E-state index is -0.113. The van der Waals surface area contributed by atoms with Crippen molar-refractivity contribution in [3.63, 3.8) is 0 Å². The Morgan fingerprint density at radius 2 is 2.06 bits per heavy atom. The molecule has 0 heterocycles. The third-order valence-corrected chi connectivity index (χ3v) is 3.72. The van der Waals surface area contributed by atoms with Gasteiger partial charge in [-0.15, -0.1) is 0 Å². The van der Waals surface area contributed by atoms with Gasteiger partial charge in [-0.25, -0.2) is 0 Å². The normalized spacial score (nSPS) is 17.4. The lowest BCUT2D eigenvalue weighted by molar-refractivity contribution is 0.139. The van der Waals surface area contributed by atoms with Gasteiger partial charge in [-0.2, -0.15) is 0 Å². The van der Waals surface area contributed by atoms with Crippen LogP contribution in [0.25, 0.3) is 0 Å². The maximum absolute atomic E-state index is 9.73. The molecule has 1 unspecified atom stereocenters. The topological polar surface area (TPSA) is 20.2 Å². The lowest BCUT2D eigenvalue weighted by Gasteiger charge is -2.09. The van der Waals surface area contributed by atoms with Crippen LogP contribution in [0.3, 0.4) is 0 Å². The number of rotatable bonds is 5. The van der Waals surface area contributed by atoms with Crippen LogP contribution in [0.5, 0.6) is 0 Å². The Bertz CT molecular complexity index is 361. The zero-order valence-corrected chi connectivity index (χ0v) is 10.6. The second-order valence-electron chi connectivity index (χ2n) is 4.53. The lowest BCUT2D eigenvalue weighted by Crippen LogP contribution is -2.09. The van der Waals surface area contributed by atoms with Gasteiger partial charge in [-0.1, -0.05) is 23.2 Å². The Kier molecular flexibility index (Phi) is 4.12. The standard InChI is InChI=1S/C13H16Cl2O/c14-11-6-7-12(15)10(8-11)2-1-3-13(16)9-4-5-9/h6-9,13,16H,1-5H2. The van der Waals surface area contributed by atoms with Crippen molar-refractivity contribution in [2.45, 2.75) is 38.2 Å². The van der Waals surface area contributed by atoms with E-state index in [-0.39, 0.29) is 6.10 Å². The molecule has 1 fully saturated rings. The second kappa shape index (κ2) is 5.39. The Balaban J connectivity index is 1.81. The summed E-state index contributed by atoms with van der Waals surface area (Å²) in [7, 11) is 0. The molecule has 0 aromatic heterocycles. The highest BCUT2D eigenvalue weighted by Crippen LogP contribution is 2.34. The molecule has 16 heavy (non-hydrogen) atoms. The second-order valence-corrected chi connectivity index (χ2v) is 5.38. The molecule has 1 atom stereocenters. The quantitative estimate of drug-likeness (QED) is 0.844. The van der Waals surface area contributed by atoms with Crippen molar-refractivity contribution in [2.24, 2.45) is 5.92 Å². The first-order valence-corrected chi connectivity index (χ1v) is 6.54. The van der Waals surface area contributed by atoms with Crippen LogP contribution in [0.15, 0.2) is 18.2 Å². The van der Waals surface area contributed by atoms with Crippen LogP contribution >= 0.6 is 23.2 Å². The third-order valence-electron chi connectivity index (χ3n) is 3.12. The van der Waals surface area contributed by atoms with Gasteiger partial charge in [-0.3, -0.25) is 0 Å². The number of halogens is 2. The minimum absolute atomic E-state index is 0.113. The first kappa shape index (κ1) is 12.2. The summed E-state index contributed by atoms with van der Waals surface area (Å²) in [5, 5.41) is 11.2. The average Bonchev–Trinajstić information content (AvgIpc) is 3.06. The van der Waals surface area contributed by atoms with Crippen molar-refractivity contribution in [1.82, 2.24) is 0 Å². The highest BCUT2D eigenvalue weighted by molar-refractivity contribution is 6.33. The van der Waals surface area contributed by atoms with Crippen LogP contribution in [0.2, 0.25) is 10.0 Å². The summed E-state index contributed by atoms with van der Waals surface area (Å²) in [5.41, 5.74) is 1.08. The van der Waals surface area contributed by atoms with Gasteiger partial charge in [0.05, 0.1) is 6.10 Å². The molecule has 88 valence electrons. The van der Waals surface area contributed by atoms with Crippen molar-refractivity contribution in [3.05, 3.63) is 33.8 Å². The van der Waals surface area contributed by atoms with Crippen molar-refractivity contribution in [2.75, 3.05) is 0 Å². The van der Waals surface area contributed by atoms with Gasteiger partial charge in [-0.05, 0) is 61.8 Å². The molecule has 3 heteroatoms. The fourth-order valence-electron chi connectivity index (χ4n) is 1.95. The largest absolute Gasteiger partial charge is 0.393 e. The van der Waals surface area contributed by atoms with Gasteiger partial charge in [0.15, 0.2) is 0 Å². The van der Waals surface area contributed by atoms with E-state index >= 15 is 0 Å². The highest BCUT2D eigenvalue weighted by atomic mass is 35.5. The van der Waals surface area contributed by atoms with E-state index in [1.165, 1.54) is 12.8 Å². The van der Waals surface area contributed by atoms with E-state index in [1.54, 1.807) is 6.07 Å². The molecule has 1 nitrogen and oxygen atoms in total. The number of aryl methyl sites for hydroxylation is 1. The predicted molar refractivity (Wildman–Crippen MR) is 68.1 cm³/mol. The summed E-state index contributed by atoms with van der Waals surface area (Å²) >= 11 is 12.0. The van der Waals surface area contributed by atoms with E-state index in [9.17, 15) is 5.11 Å². The highest BCUT2D eigenvalue weighted by Gasteiger charge is 2.28. The molecular weight excluding hydrogens is 243 g/mol. The summed E-state index contributed by atoms with van der Waals surface area (Å²) in [6, 6.07) is 5.54. The molecule has 0 radical (unpaired) electrons. The number of aliphatic hydroxyl groups excluding tert-OH is 1. The molecule has 0 saturated heterocycles. The molecule has 1 aliphatic carbocycles. The van der Waals surface area contributed by atoms with Crippen LogP contribution in [0.4, 0.5) is 0 Å². The van der Waals surface area contributed by atoms with Crippen molar-refractivity contribution in [1.29, 1.82) is 0 Å². The molecular formula is C13H16Cl2O. The van der Waals surface area contributed by atoms with Gasteiger partial charge in [0.2, 0.25) is 0 Å². The zero-order valence-electron chi connectivity index (χ0n) is 9.13. The Morgan fingerprint density at radius 3 is 2.75 bits per heavy atom. The van der Waals surface area contributed by atoms with E-state index in [0.717, 1.165) is 34.9 Å². The van der Waals surface area contributed by atoms with Crippen molar-refractivity contribution < 1.29 is 5.11 Å². The van der Waals surface area contributed by atoms with E-state index in [1.807, 2.05) is 12.1 Å². The maximum Gasteiger partial charge on any atom is 0.0568 e. The molecule has 0 bridgehead atoms. The van der Waals surface area contributed by atoms with E-state index in [2.05, 4.69) is 0 Å². The fourth-order valence-corrected chi connectivity index (χ4v) is 2.36. The molecule has 0 amide bonds. The first-order chi connectivity index (χ1) is 7.66. The summed E-state index contributed by atoms with van der Waals surface area (Å²) < 4.78 is 0. The summed E-state index contributed by atoms with van der Waals surface area (Å²) in [6.45, 7) is 0. The monoisotopic (exact) mass is 258 g/mol. The minimum Gasteiger partial charge on any atom is -0.393 e. The van der Waals surface area contributed by atoms with Gasteiger partial charge >= 0.3 is 0 Å². The van der Waals surface area contributed by atoms with E-state index in [4.69, 9.17) is 23.2 Å². The third kappa shape index (κ3) is 3.38. The van der Waals surface area contributed by atoms with Gasteiger partial charge in [0.25, 0.3) is 0 Å².